The van der Waals surface area contributed by atoms with Crippen molar-refractivity contribution in [3.8, 4) is 0 Å². The summed E-state index contributed by atoms with van der Waals surface area (Å²) in [5, 5.41) is 11.6. The lowest BCUT2D eigenvalue weighted by atomic mass is 9.73. The van der Waals surface area contributed by atoms with Gasteiger partial charge in [-0.1, -0.05) is 302 Å². The minimum absolute atomic E-state index is 0.0332. The van der Waals surface area contributed by atoms with Gasteiger partial charge in [-0.2, -0.15) is 0 Å². The Kier molecular flexibility index (Phi) is 17.0. The standard InChI is InChI=1S/C39H31N2OP.C39H31N2P.C27H22N2/c1-39(2)33-20-10-13-23-37(33)40(38-24-14-11-21-34(38)39)28-25-26-36-32(27-28)31-19-9-12-22-35(31)41(36)43(42,29-15-5-3-6-16-29)30-17-7-4-8-18-30;1-39(2)33-20-10-13-23-37(33)40(38-24-14-11-21-34(38)39)28-25-26-36-32(27-28)31-19-9-12-22-35(31)41(36)42(29-15-5-3-6-16-29)30-17-7-4-8-18-30;1-27(2)21-10-4-7-13-25(21)29(26-14-8-5-11-22(26)27)18-15-16-24-20(17-18)19-9-3-6-12-23(19)28-24/h3-27H,1-2H3;3-27H,1-2H3;3-17,28H,1-2H3. The smallest absolute Gasteiger partial charge is 0.234 e. The lowest BCUT2D eigenvalue weighted by molar-refractivity contribution is 0.583. The number of aromatic amines is 1. The highest BCUT2D eigenvalue weighted by molar-refractivity contribution is 7.77. The average molecular weight is 1510 g/mol. The van der Waals surface area contributed by atoms with E-state index in [0.717, 1.165) is 38.1 Å². The monoisotopic (exact) mass is 1510 g/mol. The van der Waals surface area contributed by atoms with Crippen LogP contribution in [0.3, 0.4) is 0 Å². The molecule has 1 N–H and O–H groups in total. The number of anilines is 9. The lowest BCUT2D eigenvalue weighted by Crippen LogP contribution is -2.30. The molecule has 550 valence electrons. The zero-order chi connectivity index (χ0) is 77.0. The van der Waals surface area contributed by atoms with Crippen LogP contribution >= 0.6 is 15.4 Å². The molecule has 3 aliphatic rings. The van der Waals surface area contributed by atoms with Crippen molar-refractivity contribution in [2.75, 3.05) is 14.7 Å². The first kappa shape index (κ1) is 70.1. The Morgan fingerprint density at radius 1 is 0.254 bits per heavy atom. The molecular weight excluding hydrogens is 1420 g/mol. The van der Waals surface area contributed by atoms with Crippen molar-refractivity contribution < 1.29 is 4.57 Å². The third kappa shape index (κ3) is 11.2. The minimum atomic E-state index is -3.29. The molecule has 0 atom stereocenters. The van der Waals surface area contributed by atoms with Gasteiger partial charge in [0.05, 0.1) is 64.3 Å². The van der Waals surface area contributed by atoms with Gasteiger partial charge in [0.2, 0.25) is 7.29 Å². The third-order valence-electron chi connectivity index (χ3n) is 24.1. The van der Waals surface area contributed by atoms with Crippen molar-refractivity contribution in [1.29, 1.82) is 0 Å². The predicted molar refractivity (Wildman–Crippen MR) is 485 cm³/mol. The molecule has 19 aromatic rings. The van der Waals surface area contributed by atoms with Crippen molar-refractivity contribution in [2.24, 2.45) is 0 Å². The average Bonchev–Trinajstić information content (AvgIpc) is 1.23. The van der Waals surface area contributed by atoms with Crippen LogP contribution in [0.1, 0.15) is 74.9 Å². The number of hydrogen-bond acceptors (Lipinski definition) is 4. The molecule has 114 heavy (non-hydrogen) atoms. The summed E-state index contributed by atoms with van der Waals surface area (Å²) in [7, 11) is -4.11. The quantitative estimate of drug-likeness (QED) is 0.146. The molecule has 0 fully saturated rings. The molecule has 0 saturated carbocycles. The molecule has 0 radical (unpaired) electrons. The molecule has 22 rings (SSSR count). The Hall–Kier alpha value is -13.0. The summed E-state index contributed by atoms with van der Waals surface area (Å²) >= 11 is 0. The number of benzene rings is 16. The van der Waals surface area contributed by atoms with Crippen molar-refractivity contribution in [1.82, 2.24) is 13.7 Å². The highest BCUT2D eigenvalue weighted by Crippen LogP contribution is 2.58. The van der Waals surface area contributed by atoms with Crippen LogP contribution in [0.15, 0.2) is 394 Å². The van der Waals surface area contributed by atoms with Gasteiger partial charge in [-0.05, 0) is 167 Å². The van der Waals surface area contributed by atoms with Gasteiger partial charge in [-0.15, -0.1) is 0 Å². The molecule has 0 bridgehead atoms. The first-order valence-electron chi connectivity index (χ1n) is 39.4. The number of aromatic nitrogens is 3. The van der Waals surface area contributed by atoms with Crippen LogP contribution in [0.4, 0.5) is 51.2 Å². The molecule has 0 amide bonds. The second-order valence-corrected chi connectivity index (χ2v) is 36.3. The van der Waals surface area contributed by atoms with Gasteiger partial charge in [-0.3, -0.25) is 8.90 Å². The number of H-pyrrole nitrogens is 1. The van der Waals surface area contributed by atoms with Crippen molar-refractivity contribution >= 4 is 153 Å². The molecule has 16 aromatic carbocycles. The maximum atomic E-state index is 15.6. The van der Waals surface area contributed by atoms with Gasteiger partial charge in [0.15, 0.2) is 0 Å². The zero-order valence-electron chi connectivity index (χ0n) is 64.6. The summed E-state index contributed by atoms with van der Waals surface area (Å²) in [5.41, 5.74) is 25.4. The van der Waals surface area contributed by atoms with Crippen molar-refractivity contribution in [3.63, 3.8) is 0 Å². The van der Waals surface area contributed by atoms with Crippen LogP contribution in [-0.4, -0.2) is 13.7 Å². The van der Waals surface area contributed by atoms with E-state index in [-0.39, 0.29) is 16.2 Å². The highest BCUT2D eigenvalue weighted by Gasteiger charge is 2.41. The Balaban J connectivity index is 0.000000113. The maximum Gasteiger partial charge on any atom is 0.234 e. The summed E-state index contributed by atoms with van der Waals surface area (Å²) in [4.78, 5) is 10.8. The normalized spacial score (nSPS) is 14.1. The van der Waals surface area contributed by atoms with Crippen LogP contribution in [0.25, 0.3) is 65.4 Å². The summed E-state index contributed by atoms with van der Waals surface area (Å²) in [6.07, 6.45) is 0. The van der Waals surface area contributed by atoms with E-state index in [1.807, 2.05) is 66.7 Å². The Bertz CT molecular complexity index is 6750. The number of para-hydroxylation sites is 9. The van der Waals surface area contributed by atoms with Crippen LogP contribution in [-0.2, 0) is 20.8 Å². The van der Waals surface area contributed by atoms with E-state index >= 15 is 4.57 Å². The van der Waals surface area contributed by atoms with E-state index in [0.29, 0.717) is 0 Å². The van der Waals surface area contributed by atoms with Gasteiger partial charge in [0, 0.05) is 97.9 Å². The van der Waals surface area contributed by atoms with Crippen LogP contribution in [0.2, 0.25) is 0 Å². The van der Waals surface area contributed by atoms with Crippen LogP contribution < -0.4 is 35.9 Å². The molecular formula is C105H84N6OP2. The molecule has 0 saturated heterocycles. The maximum absolute atomic E-state index is 15.6. The predicted octanol–water partition coefficient (Wildman–Crippen LogP) is 26.9. The SMILES string of the molecule is CC1(C)c2ccccc2N(c2ccc3[nH]c4ccccc4c3c2)c2ccccc21.CC1(C)c2ccccc2N(c2ccc3c(c2)c2ccccc2n3P(=O)(c2ccccc2)c2ccccc2)c2ccccc21.CC1(C)c2ccccc2N(c2ccc3c(c2)c2ccccc2n3P(c2ccccc2)c2ccccc2)c2ccccc21. The minimum Gasteiger partial charge on any atom is -0.355 e. The second-order valence-electron chi connectivity index (χ2n) is 31.7. The Morgan fingerprint density at radius 3 is 0.956 bits per heavy atom. The summed E-state index contributed by atoms with van der Waals surface area (Å²) in [5.74, 6) is 0. The molecule has 3 aromatic heterocycles. The largest absolute Gasteiger partial charge is 0.355 e. The fourth-order valence-electron chi connectivity index (χ4n) is 18.7. The number of hydrogen-bond donors (Lipinski definition) is 1. The number of rotatable bonds is 9. The molecule has 7 nitrogen and oxygen atoms in total. The van der Waals surface area contributed by atoms with Crippen molar-refractivity contribution in [3.05, 3.63) is 428 Å². The molecule has 6 heterocycles. The van der Waals surface area contributed by atoms with Crippen molar-refractivity contribution in [2.45, 2.75) is 57.8 Å². The fraction of sp³-hybridized carbons (Fsp3) is 0.0857. The first-order valence-corrected chi connectivity index (χ1v) is 42.4. The van der Waals surface area contributed by atoms with E-state index in [4.69, 9.17) is 0 Å². The second kappa shape index (κ2) is 27.7. The molecule has 0 spiro atoms. The fourth-order valence-corrected chi connectivity index (χ4v) is 24.0. The van der Waals surface area contributed by atoms with Gasteiger partial charge < -0.3 is 24.0 Å². The first-order chi connectivity index (χ1) is 55.8. The van der Waals surface area contributed by atoms with E-state index in [1.54, 1.807) is 0 Å². The zero-order valence-corrected chi connectivity index (χ0v) is 66.4. The Morgan fingerprint density at radius 2 is 0.535 bits per heavy atom. The van der Waals surface area contributed by atoms with E-state index < -0.39 is 15.4 Å². The van der Waals surface area contributed by atoms with Crippen LogP contribution in [0, 0.1) is 0 Å². The van der Waals surface area contributed by atoms with E-state index in [2.05, 4.69) is 397 Å². The third-order valence-corrected chi connectivity index (χ3v) is 29.5. The summed E-state index contributed by atoms with van der Waals surface area (Å²) in [6, 6.07) is 141. The number of nitrogens with one attached hydrogen (secondary N) is 1. The van der Waals surface area contributed by atoms with Gasteiger partial charge >= 0.3 is 0 Å². The molecule has 0 aliphatic carbocycles. The topological polar surface area (TPSA) is 52.4 Å². The number of nitrogens with zero attached hydrogens (tertiary/aromatic N) is 5. The summed E-state index contributed by atoms with van der Waals surface area (Å²) in [6.45, 7) is 13.9. The summed E-state index contributed by atoms with van der Waals surface area (Å²) < 4.78 is 20.3. The van der Waals surface area contributed by atoms with Gasteiger partial charge in [0.1, 0.15) is 0 Å². The van der Waals surface area contributed by atoms with E-state index in [1.165, 1.54) is 133 Å². The molecule has 9 heteroatoms. The number of fused-ring (bicyclic) bond motifs is 15. The lowest BCUT2D eigenvalue weighted by Gasteiger charge is -2.42. The van der Waals surface area contributed by atoms with Crippen LogP contribution in [0.5, 0.6) is 0 Å². The molecule has 3 aliphatic heterocycles. The van der Waals surface area contributed by atoms with Gasteiger partial charge in [0.25, 0.3) is 0 Å². The Labute approximate surface area is 667 Å². The van der Waals surface area contributed by atoms with E-state index in [9.17, 15) is 0 Å². The highest BCUT2D eigenvalue weighted by atomic mass is 31.2. The van der Waals surface area contributed by atoms with Gasteiger partial charge in [-0.25, -0.2) is 0 Å². The molecule has 0 unspecified atom stereocenters.